The van der Waals surface area contributed by atoms with E-state index in [0.29, 0.717) is 29.1 Å². The average Bonchev–Trinajstić information content (AvgIpc) is 3.08. The normalized spacial score (nSPS) is 16.7. The van der Waals surface area contributed by atoms with E-state index in [1.54, 1.807) is 24.3 Å². The molecule has 0 N–H and O–H groups in total. The van der Waals surface area contributed by atoms with Crippen LogP contribution in [-0.4, -0.2) is 42.4 Å². The minimum atomic E-state index is -0.412. The van der Waals surface area contributed by atoms with Crippen LogP contribution in [0.3, 0.4) is 0 Å². The number of imide groups is 1. The summed E-state index contributed by atoms with van der Waals surface area (Å²) in [6.07, 6.45) is 3.87. The highest BCUT2D eigenvalue weighted by molar-refractivity contribution is 6.45. The molecule has 2 aromatic carbocycles. The molecule has 6 nitrogen and oxygen atoms in total. The molecule has 1 fully saturated rings. The number of carbonyl (C=O) groups excluding carboxylic acids is 3. The molecule has 0 radical (unpaired) electrons. The van der Waals surface area contributed by atoms with Crippen molar-refractivity contribution in [2.75, 3.05) is 24.6 Å². The van der Waals surface area contributed by atoms with Crippen molar-refractivity contribution in [3.63, 3.8) is 0 Å². The second kappa shape index (κ2) is 9.39. The third-order valence-electron chi connectivity index (χ3n) is 5.87. The zero-order valence-corrected chi connectivity index (χ0v) is 18.6. The maximum absolute atomic E-state index is 13.5. The Hall–Kier alpha value is -3.41. The van der Waals surface area contributed by atoms with Crippen LogP contribution >= 0.6 is 0 Å². The van der Waals surface area contributed by atoms with Gasteiger partial charge in [0.05, 0.1) is 23.4 Å². The van der Waals surface area contributed by atoms with Crippen molar-refractivity contribution in [2.45, 2.75) is 39.5 Å². The largest absolute Gasteiger partial charge is 0.462 e. The van der Waals surface area contributed by atoms with Gasteiger partial charge in [-0.2, -0.15) is 0 Å². The van der Waals surface area contributed by atoms with Crippen LogP contribution in [0.2, 0.25) is 0 Å². The van der Waals surface area contributed by atoms with E-state index < -0.39 is 5.97 Å². The lowest BCUT2D eigenvalue weighted by Crippen LogP contribution is -2.37. The van der Waals surface area contributed by atoms with Gasteiger partial charge in [-0.25, -0.2) is 9.69 Å². The number of aryl methyl sites for hydroxylation is 1. The molecular weight excluding hydrogens is 404 g/mol. The van der Waals surface area contributed by atoms with Gasteiger partial charge in [0.25, 0.3) is 11.8 Å². The fourth-order valence-electron chi connectivity index (χ4n) is 4.17. The van der Waals surface area contributed by atoms with Crippen molar-refractivity contribution in [2.24, 2.45) is 0 Å². The van der Waals surface area contributed by atoms with Gasteiger partial charge in [-0.05, 0) is 62.4 Å². The quantitative estimate of drug-likeness (QED) is 0.502. The molecule has 0 saturated carbocycles. The molecule has 166 valence electrons. The molecule has 0 aliphatic carbocycles. The van der Waals surface area contributed by atoms with Gasteiger partial charge in [0, 0.05) is 13.1 Å². The van der Waals surface area contributed by atoms with Crippen LogP contribution in [0.25, 0.3) is 5.57 Å². The fraction of sp³-hybridized carbons (Fsp3) is 0.346. The SMILES string of the molecule is CCCOC(=O)c1ccc(N2C(=O)C(c3ccc(C)cc3)=C(N3CCCCC3)C2=O)cc1. The van der Waals surface area contributed by atoms with Gasteiger partial charge in [-0.3, -0.25) is 9.59 Å². The molecule has 2 amide bonds. The summed E-state index contributed by atoms with van der Waals surface area (Å²) in [5.74, 6) is -1.06. The van der Waals surface area contributed by atoms with Crippen molar-refractivity contribution in [3.8, 4) is 0 Å². The summed E-state index contributed by atoms with van der Waals surface area (Å²) < 4.78 is 5.16. The molecule has 0 atom stereocenters. The number of hydrogen-bond acceptors (Lipinski definition) is 5. The Labute approximate surface area is 188 Å². The first-order valence-corrected chi connectivity index (χ1v) is 11.2. The molecule has 0 bridgehead atoms. The van der Waals surface area contributed by atoms with E-state index >= 15 is 0 Å². The summed E-state index contributed by atoms with van der Waals surface area (Å²) in [4.78, 5) is 42.5. The third kappa shape index (κ3) is 4.17. The Morgan fingerprint density at radius 2 is 1.56 bits per heavy atom. The van der Waals surface area contributed by atoms with Crippen molar-refractivity contribution < 1.29 is 19.1 Å². The summed E-state index contributed by atoms with van der Waals surface area (Å²) in [5, 5.41) is 0. The molecule has 0 aromatic heterocycles. The summed E-state index contributed by atoms with van der Waals surface area (Å²) in [6.45, 7) is 5.80. The summed E-state index contributed by atoms with van der Waals surface area (Å²) in [5.41, 5.74) is 3.60. The number of rotatable bonds is 6. The molecular formula is C26H28N2O4. The van der Waals surface area contributed by atoms with Crippen molar-refractivity contribution in [3.05, 3.63) is 70.9 Å². The van der Waals surface area contributed by atoms with Gasteiger partial charge in [0.1, 0.15) is 5.70 Å². The van der Waals surface area contributed by atoms with E-state index in [1.807, 2.05) is 38.1 Å². The number of carbonyl (C=O) groups is 3. The van der Waals surface area contributed by atoms with Crippen LogP contribution < -0.4 is 4.90 Å². The predicted molar refractivity (Wildman–Crippen MR) is 123 cm³/mol. The van der Waals surface area contributed by atoms with Crippen molar-refractivity contribution >= 4 is 29.0 Å². The monoisotopic (exact) mass is 432 g/mol. The number of anilines is 1. The minimum Gasteiger partial charge on any atom is -0.462 e. The molecule has 6 heteroatoms. The number of hydrogen-bond donors (Lipinski definition) is 0. The number of esters is 1. The molecule has 32 heavy (non-hydrogen) atoms. The second-order valence-electron chi connectivity index (χ2n) is 8.27. The highest BCUT2D eigenvalue weighted by atomic mass is 16.5. The van der Waals surface area contributed by atoms with Crippen LogP contribution in [0.5, 0.6) is 0 Å². The van der Waals surface area contributed by atoms with Gasteiger partial charge in [-0.1, -0.05) is 36.8 Å². The Bertz CT molecular complexity index is 1050. The number of nitrogens with zero attached hydrogens (tertiary/aromatic N) is 2. The topological polar surface area (TPSA) is 66.9 Å². The Morgan fingerprint density at radius 3 is 2.19 bits per heavy atom. The molecule has 2 aliphatic heterocycles. The Kier molecular flexibility index (Phi) is 6.40. The molecule has 0 unspecified atom stereocenters. The lowest BCUT2D eigenvalue weighted by molar-refractivity contribution is -0.120. The van der Waals surface area contributed by atoms with E-state index in [9.17, 15) is 14.4 Å². The zero-order valence-electron chi connectivity index (χ0n) is 18.6. The highest BCUT2D eigenvalue weighted by Gasteiger charge is 2.42. The van der Waals surface area contributed by atoms with E-state index in [1.165, 1.54) is 4.90 Å². The van der Waals surface area contributed by atoms with E-state index in [-0.39, 0.29) is 11.8 Å². The fourth-order valence-corrected chi connectivity index (χ4v) is 4.17. The Morgan fingerprint density at radius 1 is 0.906 bits per heavy atom. The molecule has 2 aromatic rings. The lowest BCUT2D eigenvalue weighted by Gasteiger charge is -2.29. The van der Waals surface area contributed by atoms with Crippen LogP contribution in [0.1, 0.15) is 54.1 Å². The summed E-state index contributed by atoms with van der Waals surface area (Å²) >= 11 is 0. The molecule has 1 saturated heterocycles. The first kappa shape index (κ1) is 21.8. The molecule has 2 aliphatic rings. The van der Waals surface area contributed by atoms with Gasteiger partial charge in [-0.15, -0.1) is 0 Å². The third-order valence-corrected chi connectivity index (χ3v) is 5.87. The van der Waals surface area contributed by atoms with Crippen LogP contribution in [0, 0.1) is 6.92 Å². The standard InChI is InChI=1S/C26H28N2O4/c1-3-17-32-26(31)20-11-13-21(14-12-20)28-24(29)22(19-9-7-18(2)8-10-19)23(25(28)30)27-15-5-4-6-16-27/h7-14H,3-6,15-17H2,1-2H3. The molecule has 0 spiro atoms. The van der Waals surface area contributed by atoms with Crippen LogP contribution in [0.4, 0.5) is 5.69 Å². The van der Waals surface area contributed by atoms with E-state index in [4.69, 9.17) is 4.74 Å². The van der Waals surface area contributed by atoms with Crippen molar-refractivity contribution in [1.29, 1.82) is 0 Å². The summed E-state index contributed by atoms with van der Waals surface area (Å²) in [6, 6.07) is 14.2. The van der Waals surface area contributed by atoms with Gasteiger partial charge in [0.2, 0.25) is 0 Å². The van der Waals surface area contributed by atoms with Gasteiger partial charge < -0.3 is 9.64 Å². The van der Waals surface area contributed by atoms with Gasteiger partial charge in [0.15, 0.2) is 0 Å². The molecule has 4 rings (SSSR count). The minimum absolute atomic E-state index is 0.311. The summed E-state index contributed by atoms with van der Waals surface area (Å²) in [7, 11) is 0. The highest BCUT2D eigenvalue weighted by Crippen LogP contribution is 2.36. The molecule has 2 heterocycles. The van der Waals surface area contributed by atoms with Crippen molar-refractivity contribution in [1.82, 2.24) is 4.90 Å². The number of amides is 2. The first-order chi connectivity index (χ1) is 15.5. The number of ether oxygens (including phenoxy) is 1. The zero-order chi connectivity index (χ0) is 22.7. The number of likely N-dealkylation sites (tertiary alicyclic amines) is 1. The lowest BCUT2D eigenvalue weighted by atomic mass is 10.0. The Balaban J connectivity index is 1.68. The number of benzene rings is 2. The average molecular weight is 433 g/mol. The first-order valence-electron chi connectivity index (χ1n) is 11.2. The van der Waals surface area contributed by atoms with Crippen LogP contribution in [-0.2, 0) is 14.3 Å². The maximum Gasteiger partial charge on any atom is 0.338 e. The predicted octanol–water partition coefficient (Wildman–Crippen LogP) is 4.33. The van der Waals surface area contributed by atoms with Crippen LogP contribution in [0.15, 0.2) is 54.2 Å². The maximum atomic E-state index is 13.5. The van der Waals surface area contributed by atoms with E-state index in [2.05, 4.69) is 4.90 Å². The smallest absolute Gasteiger partial charge is 0.338 e. The van der Waals surface area contributed by atoms with Gasteiger partial charge >= 0.3 is 5.97 Å². The number of piperidine rings is 1. The second-order valence-corrected chi connectivity index (χ2v) is 8.27. The van der Waals surface area contributed by atoms with E-state index in [0.717, 1.165) is 49.9 Å².